The Bertz CT molecular complexity index is 505. The Kier molecular flexibility index (Phi) is 4.77. The summed E-state index contributed by atoms with van der Waals surface area (Å²) in [5.41, 5.74) is 0.991. The van der Waals surface area contributed by atoms with E-state index in [-0.39, 0.29) is 17.6 Å². The van der Waals surface area contributed by atoms with Gasteiger partial charge in [0.15, 0.2) is 0 Å². The molecule has 1 fully saturated rings. The first kappa shape index (κ1) is 15.7. The molecule has 21 heavy (non-hydrogen) atoms. The molecule has 0 radical (unpaired) electrons. The highest BCUT2D eigenvalue weighted by Crippen LogP contribution is 2.13. The Morgan fingerprint density at radius 2 is 2.19 bits per heavy atom. The number of hydrogen-bond donors (Lipinski definition) is 2. The van der Waals surface area contributed by atoms with Crippen molar-refractivity contribution in [2.75, 3.05) is 18.5 Å². The number of hydrogen-bond acceptors (Lipinski definition) is 5. The van der Waals surface area contributed by atoms with Crippen molar-refractivity contribution in [3.05, 3.63) is 17.5 Å². The summed E-state index contributed by atoms with van der Waals surface area (Å²) in [6.45, 7) is 9.24. The maximum Gasteiger partial charge on any atom is 0.270 e. The molecule has 0 aromatic carbocycles. The van der Waals surface area contributed by atoms with E-state index in [1.807, 2.05) is 27.7 Å². The van der Waals surface area contributed by atoms with Crippen LogP contribution in [0.5, 0.6) is 0 Å². The van der Waals surface area contributed by atoms with Gasteiger partial charge in [0.25, 0.3) is 5.91 Å². The zero-order chi connectivity index (χ0) is 15.5. The van der Waals surface area contributed by atoms with Crippen LogP contribution in [-0.2, 0) is 4.74 Å². The molecule has 1 amide bonds. The molecule has 0 bridgehead atoms. The average Bonchev–Trinajstić information content (AvgIpc) is 2.86. The molecule has 0 spiro atoms. The second kappa shape index (κ2) is 6.39. The van der Waals surface area contributed by atoms with Gasteiger partial charge in [0.2, 0.25) is 5.95 Å². The van der Waals surface area contributed by atoms with Gasteiger partial charge in [-0.1, -0.05) is 0 Å². The zero-order valence-corrected chi connectivity index (χ0v) is 13.2. The summed E-state index contributed by atoms with van der Waals surface area (Å²) in [5, 5.41) is 6.06. The number of carbonyl (C=O) groups excluding carboxylic acids is 1. The minimum atomic E-state index is -0.187. The van der Waals surface area contributed by atoms with Crippen molar-refractivity contribution in [3.63, 3.8) is 0 Å². The molecule has 1 aliphatic rings. The van der Waals surface area contributed by atoms with E-state index in [1.165, 1.54) is 0 Å². The van der Waals surface area contributed by atoms with E-state index in [0.29, 0.717) is 18.2 Å². The average molecular weight is 292 g/mol. The second-order valence-corrected chi connectivity index (χ2v) is 6.44. The molecule has 6 heteroatoms. The predicted octanol–water partition coefficient (Wildman–Crippen LogP) is 1.90. The number of carbonyl (C=O) groups is 1. The summed E-state index contributed by atoms with van der Waals surface area (Å²) in [4.78, 5) is 20.8. The van der Waals surface area contributed by atoms with E-state index in [4.69, 9.17) is 4.74 Å². The molecule has 116 valence electrons. The third kappa shape index (κ3) is 4.97. The van der Waals surface area contributed by atoms with Gasteiger partial charge in [0.1, 0.15) is 5.69 Å². The molecular weight excluding hydrogens is 268 g/mol. The first-order chi connectivity index (χ1) is 9.83. The predicted molar refractivity (Wildman–Crippen MR) is 81.5 cm³/mol. The van der Waals surface area contributed by atoms with Crippen molar-refractivity contribution in [3.8, 4) is 0 Å². The van der Waals surface area contributed by atoms with Gasteiger partial charge in [0.05, 0.1) is 6.10 Å². The fraction of sp³-hybridized carbons (Fsp3) is 0.667. The third-order valence-electron chi connectivity index (χ3n) is 3.09. The maximum absolute atomic E-state index is 12.2. The lowest BCUT2D eigenvalue weighted by atomic mass is 10.1. The first-order valence-electron chi connectivity index (χ1n) is 7.37. The van der Waals surface area contributed by atoms with Gasteiger partial charge in [-0.2, -0.15) is 0 Å². The zero-order valence-electron chi connectivity index (χ0n) is 13.2. The minimum absolute atomic E-state index is 0.129. The van der Waals surface area contributed by atoms with E-state index in [2.05, 4.69) is 20.6 Å². The van der Waals surface area contributed by atoms with Crippen LogP contribution in [0.3, 0.4) is 0 Å². The minimum Gasteiger partial charge on any atom is -0.376 e. The fourth-order valence-corrected chi connectivity index (χ4v) is 2.18. The lowest BCUT2D eigenvalue weighted by Crippen LogP contribution is -2.33. The van der Waals surface area contributed by atoms with Crippen LogP contribution in [0.1, 0.15) is 49.8 Å². The van der Waals surface area contributed by atoms with Crippen LogP contribution >= 0.6 is 0 Å². The Hall–Kier alpha value is -1.69. The maximum atomic E-state index is 12.2. The van der Waals surface area contributed by atoms with Crippen molar-refractivity contribution >= 4 is 11.9 Å². The summed E-state index contributed by atoms with van der Waals surface area (Å²) in [6, 6.07) is 1.69. The topological polar surface area (TPSA) is 76.1 Å². The van der Waals surface area contributed by atoms with Crippen molar-refractivity contribution in [1.82, 2.24) is 15.3 Å². The highest BCUT2D eigenvalue weighted by atomic mass is 16.5. The smallest absolute Gasteiger partial charge is 0.270 e. The van der Waals surface area contributed by atoms with Crippen molar-refractivity contribution in [2.45, 2.75) is 52.2 Å². The van der Waals surface area contributed by atoms with Gasteiger partial charge in [-0.25, -0.2) is 9.97 Å². The van der Waals surface area contributed by atoms with Crippen molar-refractivity contribution in [1.29, 1.82) is 0 Å². The lowest BCUT2D eigenvalue weighted by Gasteiger charge is -2.21. The second-order valence-electron chi connectivity index (χ2n) is 6.44. The molecule has 0 saturated carbocycles. The molecule has 2 N–H and O–H groups in total. The molecule has 1 aromatic rings. The molecule has 1 unspecified atom stereocenters. The van der Waals surface area contributed by atoms with Crippen LogP contribution < -0.4 is 10.6 Å². The Morgan fingerprint density at radius 3 is 2.81 bits per heavy atom. The molecular formula is C15H24N4O2. The van der Waals surface area contributed by atoms with Crippen LogP contribution in [0.4, 0.5) is 5.95 Å². The highest BCUT2D eigenvalue weighted by Gasteiger charge is 2.18. The summed E-state index contributed by atoms with van der Waals surface area (Å²) in [7, 11) is 0. The quantitative estimate of drug-likeness (QED) is 0.886. The Balaban J connectivity index is 2.02. The largest absolute Gasteiger partial charge is 0.376 e. The number of anilines is 1. The first-order valence-corrected chi connectivity index (χ1v) is 7.37. The lowest BCUT2D eigenvalue weighted by molar-refractivity contribution is 0.0853. The number of aromatic nitrogens is 2. The molecule has 1 aliphatic heterocycles. The van der Waals surface area contributed by atoms with Crippen LogP contribution in [0, 0.1) is 6.92 Å². The van der Waals surface area contributed by atoms with Gasteiger partial charge in [-0.3, -0.25) is 4.79 Å². The van der Waals surface area contributed by atoms with Crippen LogP contribution in [-0.4, -0.2) is 40.7 Å². The summed E-state index contributed by atoms with van der Waals surface area (Å²) in [5.74, 6) is 0.290. The fourth-order valence-electron chi connectivity index (χ4n) is 2.18. The Morgan fingerprint density at radius 1 is 1.43 bits per heavy atom. The standard InChI is InChI=1S/C15H24N4O2/c1-10-8-12(18-14(17-10)19-15(2,3)4)13(20)16-9-11-6-5-7-21-11/h8,11H,5-7,9H2,1-4H3,(H,16,20)(H,17,18,19). The Labute approximate surface area is 125 Å². The number of nitrogens with one attached hydrogen (secondary N) is 2. The molecule has 6 nitrogen and oxygen atoms in total. The van der Waals surface area contributed by atoms with Gasteiger partial charge < -0.3 is 15.4 Å². The highest BCUT2D eigenvalue weighted by molar-refractivity contribution is 5.92. The van der Waals surface area contributed by atoms with E-state index >= 15 is 0 Å². The number of aryl methyl sites for hydroxylation is 1. The van der Waals surface area contributed by atoms with Gasteiger partial charge in [-0.15, -0.1) is 0 Å². The number of amides is 1. The number of ether oxygens (including phenoxy) is 1. The van der Waals surface area contributed by atoms with E-state index in [9.17, 15) is 4.79 Å². The van der Waals surface area contributed by atoms with Crippen molar-refractivity contribution < 1.29 is 9.53 Å². The normalized spacial score (nSPS) is 18.6. The number of rotatable bonds is 4. The van der Waals surface area contributed by atoms with Crippen molar-refractivity contribution in [2.24, 2.45) is 0 Å². The molecule has 2 heterocycles. The molecule has 1 saturated heterocycles. The molecule has 1 aromatic heterocycles. The summed E-state index contributed by atoms with van der Waals surface area (Å²) < 4.78 is 5.49. The third-order valence-corrected chi connectivity index (χ3v) is 3.09. The van der Waals surface area contributed by atoms with E-state index < -0.39 is 0 Å². The van der Waals surface area contributed by atoms with Gasteiger partial charge >= 0.3 is 0 Å². The van der Waals surface area contributed by atoms with E-state index in [1.54, 1.807) is 6.07 Å². The SMILES string of the molecule is Cc1cc(C(=O)NCC2CCCO2)nc(NC(C)(C)C)n1. The van der Waals surface area contributed by atoms with Crippen LogP contribution in [0.15, 0.2) is 6.07 Å². The summed E-state index contributed by atoms with van der Waals surface area (Å²) >= 11 is 0. The number of nitrogens with zero attached hydrogens (tertiary/aromatic N) is 2. The van der Waals surface area contributed by atoms with Gasteiger partial charge in [0, 0.05) is 24.4 Å². The van der Waals surface area contributed by atoms with Crippen LogP contribution in [0.25, 0.3) is 0 Å². The van der Waals surface area contributed by atoms with Gasteiger partial charge in [-0.05, 0) is 46.6 Å². The monoisotopic (exact) mass is 292 g/mol. The summed E-state index contributed by atoms with van der Waals surface area (Å²) in [6.07, 6.45) is 2.19. The van der Waals surface area contributed by atoms with E-state index in [0.717, 1.165) is 25.1 Å². The van der Waals surface area contributed by atoms with Crippen LogP contribution in [0.2, 0.25) is 0 Å². The molecule has 0 aliphatic carbocycles. The molecule has 1 atom stereocenters. The molecule has 2 rings (SSSR count).